The van der Waals surface area contributed by atoms with Crippen molar-refractivity contribution in [1.29, 1.82) is 0 Å². The number of carbonyl (C=O) groups is 2. The molecule has 2 aromatic carbocycles. The second-order valence-electron chi connectivity index (χ2n) is 6.15. The Hall–Kier alpha value is -3.18. The predicted octanol–water partition coefficient (Wildman–Crippen LogP) is 4.77. The van der Waals surface area contributed by atoms with Crippen LogP contribution in [0.4, 0.5) is 5.69 Å². The van der Waals surface area contributed by atoms with Crippen molar-refractivity contribution in [3.8, 4) is 0 Å². The summed E-state index contributed by atoms with van der Waals surface area (Å²) in [6, 6.07) is 18.4. The molecule has 0 aliphatic carbocycles. The van der Waals surface area contributed by atoms with Crippen LogP contribution >= 0.6 is 11.3 Å². The average Bonchev–Trinajstić information content (AvgIpc) is 3.17. The number of rotatable bonds is 5. The summed E-state index contributed by atoms with van der Waals surface area (Å²) in [5.74, 6) is -0.684. The summed E-state index contributed by atoms with van der Waals surface area (Å²) in [5.41, 5.74) is 3.52. The number of hydrogen-bond donors (Lipinski definition) is 2. The first-order valence-electron chi connectivity index (χ1n) is 8.53. The van der Waals surface area contributed by atoms with Crippen molar-refractivity contribution < 1.29 is 9.59 Å². The molecule has 0 unspecified atom stereocenters. The third-order valence-corrected chi connectivity index (χ3v) is 4.94. The maximum atomic E-state index is 12.7. The van der Waals surface area contributed by atoms with E-state index in [9.17, 15) is 9.59 Å². The molecule has 27 heavy (non-hydrogen) atoms. The first-order chi connectivity index (χ1) is 13.0. The zero-order valence-corrected chi connectivity index (χ0v) is 16.0. The van der Waals surface area contributed by atoms with Crippen molar-refractivity contribution in [3.63, 3.8) is 0 Å². The SMILES string of the molecule is Cc1ccc(C(=O)N/C(=C\c2cccs2)C(=O)Nc2ccccc2)cc1C. The Morgan fingerprint density at radius 1 is 0.926 bits per heavy atom. The first kappa shape index (κ1) is 18.6. The van der Waals surface area contributed by atoms with Crippen molar-refractivity contribution in [1.82, 2.24) is 5.32 Å². The summed E-state index contributed by atoms with van der Waals surface area (Å²) in [7, 11) is 0. The molecule has 0 spiro atoms. The zero-order chi connectivity index (χ0) is 19.2. The lowest BCUT2D eigenvalue weighted by Crippen LogP contribution is -2.30. The van der Waals surface area contributed by atoms with Crippen molar-refractivity contribution in [2.24, 2.45) is 0 Å². The van der Waals surface area contributed by atoms with Gasteiger partial charge < -0.3 is 10.6 Å². The van der Waals surface area contributed by atoms with Gasteiger partial charge >= 0.3 is 0 Å². The van der Waals surface area contributed by atoms with Crippen LogP contribution in [0.2, 0.25) is 0 Å². The van der Waals surface area contributed by atoms with Crippen molar-refractivity contribution in [2.75, 3.05) is 5.32 Å². The van der Waals surface area contributed by atoms with Gasteiger partial charge in [-0.15, -0.1) is 11.3 Å². The largest absolute Gasteiger partial charge is 0.321 e. The highest BCUT2D eigenvalue weighted by Gasteiger charge is 2.15. The Labute approximate surface area is 162 Å². The molecule has 5 heteroatoms. The molecule has 0 saturated carbocycles. The van der Waals surface area contributed by atoms with E-state index < -0.39 is 0 Å². The monoisotopic (exact) mass is 376 g/mol. The fourth-order valence-electron chi connectivity index (χ4n) is 2.47. The van der Waals surface area contributed by atoms with Crippen molar-refractivity contribution in [3.05, 3.63) is 93.3 Å². The normalized spacial score (nSPS) is 11.1. The van der Waals surface area contributed by atoms with Crippen LogP contribution in [0.15, 0.2) is 71.7 Å². The third kappa shape index (κ3) is 4.92. The van der Waals surface area contributed by atoms with Gasteiger partial charge in [0.05, 0.1) is 0 Å². The zero-order valence-electron chi connectivity index (χ0n) is 15.2. The molecule has 2 N–H and O–H groups in total. The Bertz CT molecular complexity index is 977. The van der Waals surface area contributed by atoms with Crippen LogP contribution in [0.5, 0.6) is 0 Å². The van der Waals surface area contributed by atoms with E-state index in [1.54, 1.807) is 24.3 Å². The van der Waals surface area contributed by atoms with Crippen LogP contribution in [0.25, 0.3) is 6.08 Å². The molecule has 3 aromatic rings. The van der Waals surface area contributed by atoms with E-state index >= 15 is 0 Å². The standard InChI is InChI=1S/C22H20N2O2S/c1-15-10-11-17(13-16(15)2)21(25)24-20(14-19-9-6-12-27-19)22(26)23-18-7-4-3-5-8-18/h3-14H,1-2H3,(H,23,26)(H,24,25)/b20-14-. The Balaban J connectivity index is 1.84. The van der Waals surface area contributed by atoms with Gasteiger partial charge in [-0.2, -0.15) is 0 Å². The molecular weight excluding hydrogens is 356 g/mol. The van der Waals surface area contributed by atoms with E-state index in [2.05, 4.69) is 10.6 Å². The van der Waals surface area contributed by atoms with E-state index in [0.717, 1.165) is 16.0 Å². The molecule has 0 saturated heterocycles. The van der Waals surface area contributed by atoms with Gasteiger partial charge in [-0.25, -0.2) is 0 Å². The molecule has 136 valence electrons. The summed E-state index contributed by atoms with van der Waals surface area (Å²) >= 11 is 1.49. The minimum atomic E-state index is -0.369. The number of aryl methyl sites for hydroxylation is 2. The van der Waals surface area contributed by atoms with Gasteiger partial charge in [0.15, 0.2) is 0 Å². The molecule has 0 atom stereocenters. The van der Waals surface area contributed by atoms with Crippen LogP contribution in [0.1, 0.15) is 26.4 Å². The van der Waals surface area contributed by atoms with Gasteiger partial charge in [-0.05, 0) is 66.8 Å². The minimum Gasteiger partial charge on any atom is -0.321 e. The minimum absolute atomic E-state index is 0.199. The second kappa shape index (κ2) is 8.47. The number of nitrogens with one attached hydrogen (secondary N) is 2. The predicted molar refractivity (Wildman–Crippen MR) is 111 cm³/mol. The van der Waals surface area contributed by atoms with Crippen LogP contribution in [0.3, 0.4) is 0 Å². The molecule has 0 fully saturated rings. The van der Waals surface area contributed by atoms with Crippen LogP contribution in [-0.4, -0.2) is 11.8 Å². The van der Waals surface area contributed by atoms with Gasteiger partial charge in [-0.1, -0.05) is 30.3 Å². The fourth-order valence-corrected chi connectivity index (χ4v) is 3.13. The van der Waals surface area contributed by atoms with Crippen LogP contribution < -0.4 is 10.6 Å². The van der Waals surface area contributed by atoms with Crippen molar-refractivity contribution >= 4 is 34.9 Å². The van der Waals surface area contributed by atoms with Crippen LogP contribution in [-0.2, 0) is 4.79 Å². The quantitative estimate of drug-likeness (QED) is 0.630. The number of para-hydroxylation sites is 1. The molecule has 0 aliphatic rings. The summed E-state index contributed by atoms with van der Waals surface area (Å²) in [4.78, 5) is 26.3. The molecule has 4 nitrogen and oxygen atoms in total. The molecule has 2 amide bonds. The number of hydrogen-bond acceptors (Lipinski definition) is 3. The lowest BCUT2D eigenvalue weighted by molar-refractivity contribution is -0.113. The topological polar surface area (TPSA) is 58.2 Å². The van der Waals surface area contributed by atoms with Crippen LogP contribution in [0, 0.1) is 13.8 Å². The van der Waals surface area contributed by atoms with E-state index in [1.807, 2.05) is 61.7 Å². The number of benzene rings is 2. The Kier molecular flexibility index (Phi) is 5.84. The number of carbonyl (C=O) groups excluding carboxylic acids is 2. The molecule has 0 bridgehead atoms. The maximum Gasteiger partial charge on any atom is 0.272 e. The number of amides is 2. The first-order valence-corrected chi connectivity index (χ1v) is 9.41. The van der Waals surface area contributed by atoms with E-state index in [1.165, 1.54) is 11.3 Å². The summed E-state index contributed by atoms with van der Waals surface area (Å²) < 4.78 is 0. The highest BCUT2D eigenvalue weighted by atomic mass is 32.1. The van der Waals surface area contributed by atoms with Gasteiger partial charge in [0.1, 0.15) is 5.70 Å². The molecular formula is C22H20N2O2S. The van der Waals surface area contributed by atoms with Gasteiger partial charge in [0.2, 0.25) is 0 Å². The Morgan fingerprint density at radius 3 is 2.37 bits per heavy atom. The lowest BCUT2D eigenvalue weighted by atomic mass is 10.1. The van der Waals surface area contributed by atoms with Gasteiger partial charge in [0.25, 0.3) is 11.8 Å². The number of anilines is 1. The summed E-state index contributed by atoms with van der Waals surface area (Å²) in [5, 5.41) is 7.49. The Morgan fingerprint density at radius 2 is 1.70 bits per heavy atom. The van der Waals surface area contributed by atoms with E-state index in [-0.39, 0.29) is 17.5 Å². The molecule has 3 rings (SSSR count). The fraction of sp³-hybridized carbons (Fsp3) is 0.0909. The van der Waals surface area contributed by atoms with Crippen molar-refractivity contribution in [2.45, 2.75) is 13.8 Å². The molecule has 1 aromatic heterocycles. The van der Waals surface area contributed by atoms with Gasteiger partial charge in [0, 0.05) is 16.1 Å². The highest BCUT2D eigenvalue weighted by Crippen LogP contribution is 2.15. The average molecular weight is 376 g/mol. The lowest BCUT2D eigenvalue weighted by Gasteiger charge is -2.11. The third-order valence-electron chi connectivity index (χ3n) is 4.12. The molecule has 1 heterocycles. The smallest absolute Gasteiger partial charge is 0.272 e. The maximum absolute atomic E-state index is 12.7. The van der Waals surface area contributed by atoms with E-state index in [4.69, 9.17) is 0 Å². The highest BCUT2D eigenvalue weighted by molar-refractivity contribution is 7.10. The molecule has 0 radical (unpaired) electrons. The van der Waals surface area contributed by atoms with E-state index in [0.29, 0.717) is 11.3 Å². The van der Waals surface area contributed by atoms with Gasteiger partial charge in [-0.3, -0.25) is 9.59 Å². The second-order valence-corrected chi connectivity index (χ2v) is 7.13. The molecule has 0 aliphatic heterocycles. The summed E-state index contributed by atoms with van der Waals surface area (Å²) in [6.07, 6.45) is 1.68. The summed E-state index contributed by atoms with van der Waals surface area (Å²) in [6.45, 7) is 3.95. The number of thiophene rings is 1.